The normalized spacial score (nSPS) is 12.5. The molecule has 0 saturated heterocycles. The number of phenols is 1. The molecule has 2 heterocycles. The number of carboxylic acid groups (broad SMARTS) is 1. The molecule has 1 aromatic heterocycles. The number of hydrogen-bond donors (Lipinski definition) is 3. The Labute approximate surface area is 179 Å². The van der Waals surface area contributed by atoms with E-state index in [1.54, 1.807) is 24.3 Å². The summed E-state index contributed by atoms with van der Waals surface area (Å²) in [7, 11) is 0. The van der Waals surface area contributed by atoms with E-state index in [0.29, 0.717) is 5.56 Å². The summed E-state index contributed by atoms with van der Waals surface area (Å²) in [5.74, 6) is -2.35. The molecule has 0 fully saturated rings. The average molecular weight is 425 g/mol. The first-order chi connectivity index (χ1) is 14.9. The van der Waals surface area contributed by atoms with Gasteiger partial charge in [-0.15, -0.1) is 0 Å². The largest absolute Gasteiger partial charge is 0.505 e. The summed E-state index contributed by atoms with van der Waals surface area (Å²) in [4.78, 5) is 30.0. The highest BCUT2D eigenvalue weighted by molar-refractivity contribution is 6.14. The number of benzene rings is 2. The number of aromatic hydroxyl groups is 1. The van der Waals surface area contributed by atoms with Gasteiger partial charge in [0.25, 0.3) is 5.91 Å². The number of fused-ring (bicyclic) bond motifs is 2. The fourth-order valence-corrected chi connectivity index (χ4v) is 3.59. The van der Waals surface area contributed by atoms with E-state index in [-0.39, 0.29) is 52.2 Å². The van der Waals surface area contributed by atoms with Gasteiger partial charge in [-0.3, -0.25) is 9.78 Å². The first kappa shape index (κ1) is 22.2. The van der Waals surface area contributed by atoms with Crippen molar-refractivity contribution in [3.63, 3.8) is 0 Å². The second-order valence-corrected chi connectivity index (χ2v) is 7.03. The lowest BCUT2D eigenvalue weighted by atomic mass is 9.97. The third-order valence-electron chi connectivity index (χ3n) is 4.99. The summed E-state index contributed by atoms with van der Waals surface area (Å²) < 4.78 is 13.1. The van der Waals surface area contributed by atoms with Gasteiger partial charge in [0, 0.05) is 30.2 Å². The van der Waals surface area contributed by atoms with Crippen molar-refractivity contribution in [1.29, 1.82) is 0 Å². The van der Waals surface area contributed by atoms with Gasteiger partial charge in [0.15, 0.2) is 5.75 Å². The SMILES string of the molecule is CCNCC.O=C(O)c1c2c(c(O)c3ncccc13)C(=O)N(Cc1ccc(F)cc1)C2. The van der Waals surface area contributed by atoms with Crippen LogP contribution in [0.15, 0.2) is 42.6 Å². The van der Waals surface area contributed by atoms with E-state index < -0.39 is 11.9 Å². The van der Waals surface area contributed by atoms with Crippen molar-refractivity contribution in [3.05, 3.63) is 70.7 Å². The maximum Gasteiger partial charge on any atom is 0.336 e. The van der Waals surface area contributed by atoms with E-state index in [1.807, 2.05) is 0 Å². The lowest BCUT2D eigenvalue weighted by Gasteiger charge is -2.15. The third-order valence-corrected chi connectivity index (χ3v) is 4.99. The van der Waals surface area contributed by atoms with Crippen LogP contribution in [-0.4, -0.2) is 45.1 Å². The number of carbonyl (C=O) groups is 2. The number of hydrogen-bond acceptors (Lipinski definition) is 5. The van der Waals surface area contributed by atoms with Crippen molar-refractivity contribution >= 4 is 22.8 Å². The zero-order chi connectivity index (χ0) is 22.5. The van der Waals surface area contributed by atoms with Crippen LogP contribution >= 0.6 is 0 Å². The van der Waals surface area contributed by atoms with Gasteiger partial charge in [0.2, 0.25) is 0 Å². The average Bonchev–Trinajstić information content (AvgIpc) is 3.07. The van der Waals surface area contributed by atoms with Gasteiger partial charge in [0.1, 0.15) is 11.3 Å². The second kappa shape index (κ2) is 9.53. The molecule has 0 unspecified atom stereocenters. The van der Waals surface area contributed by atoms with Crippen molar-refractivity contribution in [2.75, 3.05) is 13.1 Å². The molecule has 7 nitrogen and oxygen atoms in total. The van der Waals surface area contributed by atoms with Crippen molar-refractivity contribution in [2.45, 2.75) is 26.9 Å². The van der Waals surface area contributed by atoms with Gasteiger partial charge < -0.3 is 20.4 Å². The van der Waals surface area contributed by atoms with Crippen LogP contribution in [0.25, 0.3) is 10.9 Å². The van der Waals surface area contributed by atoms with Crippen LogP contribution in [0, 0.1) is 5.82 Å². The van der Waals surface area contributed by atoms with E-state index in [4.69, 9.17) is 0 Å². The molecule has 3 N–H and O–H groups in total. The number of nitrogens with one attached hydrogen (secondary N) is 1. The van der Waals surface area contributed by atoms with Crippen LogP contribution in [-0.2, 0) is 13.1 Å². The smallest absolute Gasteiger partial charge is 0.336 e. The van der Waals surface area contributed by atoms with E-state index in [0.717, 1.165) is 13.1 Å². The Balaban J connectivity index is 0.000000491. The first-order valence-electron chi connectivity index (χ1n) is 9.99. The van der Waals surface area contributed by atoms with Crippen molar-refractivity contribution in [3.8, 4) is 5.75 Å². The van der Waals surface area contributed by atoms with Gasteiger partial charge in [-0.05, 0) is 36.9 Å². The van der Waals surface area contributed by atoms with Gasteiger partial charge in [-0.1, -0.05) is 32.0 Å². The Hall–Kier alpha value is -3.52. The summed E-state index contributed by atoms with van der Waals surface area (Å²) >= 11 is 0. The quantitative estimate of drug-likeness (QED) is 0.578. The fourth-order valence-electron chi connectivity index (χ4n) is 3.59. The highest BCUT2D eigenvalue weighted by Gasteiger charge is 2.36. The maximum absolute atomic E-state index is 13.1. The number of carbonyl (C=O) groups excluding carboxylic acids is 1. The van der Waals surface area contributed by atoms with Gasteiger partial charge in [0.05, 0.1) is 11.1 Å². The molecule has 0 bridgehead atoms. The number of carboxylic acids is 1. The fraction of sp³-hybridized carbons (Fsp3) is 0.261. The number of phenolic OH excluding ortho intramolecular Hbond substituents is 1. The second-order valence-electron chi connectivity index (χ2n) is 7.03. The number of pyridine rings is 1. The van der Waals surface area contributed by atoms with E-state index >= 15 is 0 Å². The summed E-state index contributed by atoms with van der Waals surface area (Å²) in [6, 6.07) is 8.83. The summed E-state index contributed by atoms with van der Waals surface area (Å²) in [5.41, 5.74) is 0.987. The lowest BCUT2D eigenvalue weighted by molar-refractivity contribution is 0.0693. The van der Waals surface area contributed by atoms with Crippen LogP contribution in [0.1, 0.15) is 45.7 Å². The molecular formula is C23H24FN3O4. The number of aromatic carboxylic acids is 1. The molecule has 1 aliphatic heterocycles. The Bertz CT molecular complexity index is 1110. The van der Waals surface area contributed by atoms with Crippen molar-refractivity contribution < 1.29 is 24.2 Å². The molecule has 31 heavy (non-hydrogen) atoms. The number of amides is 1. The Morgan fingerprint density at radius 2 is 1.87 bits per heavy atom. The number of halogens is 1. The molecule has 0 aliphatic carbocycles. The molecule has 4 rings (SSSR count). The van der Waals surface area contributed by atoms with Crippen LogP contribution < -0.4 is 5.32 Å². The zero-order valence-corrected chi connectivity index (χ0v) is 17.4. The van der Waals surface area contributed by atoms with Gasteiger partial charge in [-0.25, -0.2) is 9.18 Å². The minimum Gasteiger partial charge on any atom is -0.505 e. The predicted octanol–water partition coefficient (Wildman–Crippen LogP) is 3.55. The highest BCUT2D eigenvalue weighted by Crippen LogP contribution is 2.39. The minimum absolute atomic E-state index is 0.0316. The van der Waals surface area contributed by atoms with Crippen molar-refractivity contribution in [1.82, 2.24) is 15.2 Å². The van der Waals surface area contributed by atoms with Gasteiger partial charge >= 0.3 is 5.97 Å². The van der Waals surface area contributed by atoms with E-state index in [2.05, 4.69) is 24.1 Å². The molecule has 1 amide bonds. The Morgan fingerprint density at radius 3 is 2.45 bits per heavy atom. The topological polar surface area (TPSA) is 103 Å². The predicted molar refractivity (Wildman–Crippen MR) is 115 cm³/mol. The molecule has 0 spiro atoms. The molecular weight excluding hydrogens is 401 g/mol. The molecule has 3 aromatic rings. The summed E-state index contributed by atoms with van der Waals surface area (Å²) in [5, 5.41) is 23.6. The number of nitrogens with zero attached hydrogens (tertiary/aromatic N) is 2. The van der Waals surface area contributed by atoms with Crippen LogP contribution in [0.5, 0.6) is 5.75 Å². The maximum atomic E-state index is 13.1. The Morgan fingerprint density at radius 1 is 1.19 bits per heavy atom. The highest BCUT2D eigenvalue weighted by atomic mass is 19.1. The molecule has 162 valence electrons. The van der Waals surface area contributed by atoms with Gasteiger partial charge in [-0.2, -0.15) is 0 Å². The van der Waals surface area contributed by atoms with E-state index in [1.165, 1.54) is 23.2 Å². The van der Waals surface area contributed by atoms with E-state index in [9.17, 15) is 24.2 Å². The summed E-state index contributed by atoms with van der Waals surface area (Å²) in [6.45, 7) is 6.61. The molecule has 2 aromatic carbocycles. The Kier molecular flexibility index (Phi) is 6.81. The monoisotopic (exact) mass is 425 g/mol. The zero-order valence-electron chi connectivity index (χ0n) is 17.4. The molecule has 8 heteroatoms. The number of aromatic nitrogens is 1. The number of rotatable bonds is 5. The molecule has 1 aliphatic rings. The molecule has 0 radical (unpaired) electrons. The minimum atomic E-state index is -1.18. The summed E-state index contributed by atoms with van der Waals surface area (Å²) in [6.07, 6.45) is 1.43. The van der Waals surface area contributed by atoms with Crippen LogP contribution in [0.3, 0.4) is 0 Å². The van der Waals surface area contributed by atoms with Crippen molar-refractivity contribution in [2.24, 2.45) is 0 Å². The lowest BCUT2D eigenvalue weighted by Crippen LogP contribution is -2.23. The third kappa shape index (κ3) is 4.49. The molecule has 0 atom stereocenters. The standard InChI is InChI=1S/C19H13FN2O4.C4H11N/c20-11-5-3-10(4-6-11)8-22-9-13-14(19(25)26)12-2-1-7-21-16(12)17(23)15(13)18(22)24;1-3-5-4-2/h1-7,23H,8-9H2,(H,25,26);5H,3-4H2,1-2H3. The first-order valence-corrected chi connectivity index (χ1v) is 9.99. The van der Waals surface area contributed by atoms with Crippen LogP contribution in [0.4, 0.5) is 4.39 Å². The molecule has 0 saturated carbocycles. The van der Waals surface area contributed by atoms with Crippen LogP contribution in [0.2, 0.25) is 0 Å².